The largest absolute Gasteiger partial charge is 0.299 e. The summed E-state index contributed by atoms with van der Waals surface area (Å²) in [4.78, 5) is 12.1. The Bertz CT molecular complexity index is 676. The van der Waals surface area contributed by atoms with Crippen LogP contribution in [0.15, 0.2) is 41.4 Å². The molecule has 1 aromatic rings. The fourth-order valence-corrected chi connectivity index (χ4v) is 4.42. The first-order chi connectivity index (χ1) is 9.41. The van der Waals surface area contributed by atoms with Gasteiger partial charge in [0.25, 0.3) is 10.0 Å². The molecule has 0 aromatic heterocycles. The topological polar surface area (TPSA) is 54.5 Å². The highest BCUT2D eigenvalue weighted by Crippen LogP contribution is 2.43. The first-order valence-electron chi connectivity index (χ1n) is 6.73. The molecular weight excluding hydrogens is 274 g/mol. The van der Waals surface area contributed by atoms with Crippen molar-refractivity contribution in [2.75, 3.05) is 6.54 Å². The normalized spacial score (nSPS) is 26.1. The fraction of sp³-hybridized carbons (Fsp3) is 0.400. The third kappa shape index (κ3) is 1.88. The van der Waals surface area contributed by atoms with E-state index < -0.39 is 10.0 Å². The minimum Gasteiger partial charge on any atom is -0.299 e. The number of ketones is 1. The van der Waals surface area contributed by atoms with Crippen molar-refractivity contribution in [2.45, 2.75) is 24.7 Å². The lowest BCUT2D eigenvalue weighted by Crippen LogP contribution is -2.38. The number of fused-ring (bicyclic) bond motifs is 3. The van der Waals surface area contributed by atoms with Crippen molar-refractivity contribution in [3.63, 3.8) is 0 Å². The summed E-state index contributed by atoms with van der Waals surface area (Å²) >= 11 is 0. The number of nitrogens with zero attached hydrogens (tertiary/aromatic N) is 1. The van der Waals surface area contributed by atoms with Gasteiger partial charge in [0, 0.05) is 18.2 Å². The van der Waals surface area contributed by atoms with Gasteiger partial charge in [0.1, 0.15) is 5.78 Å². The molecule has 0 spiro atoms. The monoisotopic (exact) mass is 291 g/mol. The van der Waals surface area contributed by atoms with Crippen molar-refractivity contribution in [2.24, 2.45) is 11.8 Å². The predicted molar refractivity (Wildman–Crippen MR) is 75.4 cm³/mol. The number of sulfonamides is 1. The van der Waals surface area contributed by atoms with Crippen LogP contribution in [0.1, 0.15) is 18.4 Å². The third-order valence-electron chi connectivity index (χ3n) is 4.28. The van der Waals surface area contributed by atoms with Gasteiger partial charge in [-0.15, -0.1) is 0 Å². The smallest absolute Gasteiger partial charge is 0.264 e. The van der Waals surface area contributed by atoms with Crippen LogP contribution in [0.5, 0.6) is 0 Å². The fourth-order valence-electron chi connectivity index (χ4n) is 2.90. The van der Waals surface area contributed by atoms with E-state index >= 15 is 0 Å². The van der Waals surface area contributed by atoms with Gasteiger partial charge >= 0.3 is 0 Å². The molecule has 2 aliphatic heterocycles. The van der Waals surface area contributed by atoms with Crippen molar-refractivity contribution in [1.82, 2.24) is 4.31 Å². The molecule has 0 N–H and O–H groups in total. The van der Waals surface area contributed by atoms with Gasteiger partial charge in [-0.25, -0.2) is 8.42 Å². The molecule has 2 bridgehead atoms. The van der Waals surface area contributed by atoms with E-state index in [0.29, 0.717) is 18.7 Å². The van der Waals surface area contributed by atoms with Crippen molar-refractivity contribution >= 4 is 15.8 Å². The Kier molecular flexibility index (Phi) is 2.97. The van der Waals surface area contributed by atoms with Crippen LogP contribution in [0.25, 0.3) is 0 Å². The van der Waals surface area contributed by atoms with Crippen LogP contribution in [0.2, 0.25) is 0 Å². The van der Waals surface area contributed by atoms with E-state index in [9.17, 15) is 13.2 Å². The van der Waals surface area contributed by atoms with E-state index in [1.807, 2.05) is 6.92 Å². The summed E-state index contributed by atoms with van der Waals surface area (Å²) in [6, 6.07) is 6.77. The van der Waals surface area contributed by atoms with E-state index in [1.54, 1.807) is 24.3 Å². The van der Waals surface area contributed by atoms with Gasteiger partial charge in [-0.2, -0.15) is 0 Å². The standard InChI is InChI=1S/C15H17NO3S/c1-10-3-5-13(6-4-10)20(18,19)16-8-7-12-9-14(11(16)2)15(12)17/h3-6,12,14H,2,7-9H2,1H3. The number of allylic oxidation sites excluding steroid dienone is 1. The van der Waals surface area contributed by atoms with E-state index in [1.165, 1.54) is 4.31 Å². The highest BCUT2D eigenvalue weighted by atomic mass is 32.2. The Morgan fingerprint density at radius 2 is 1.90 bits per heavy atom. The number of carbonyl (C=O) groups is 1. The summed E-state index contributed by atoms with van der Waals surface area (Å²) in [6.07, 6.45) is 1.34. The number of rotatable bonds is 2. The van der Waals surface area contributed by atoms with Crippen LogP contribution in [0.3, 0.4) is 0 Å². The zero-order chi connectivity index (χ0) is 14.5. The minimum absolute atomic E-state index is 0.0231. The average Bonchev–Trinajstić information content (AvgIpc) is 2.65. The second kappa shape index (κ2) is 4.45. The molecule has 2 unspecified atom stereocenters. The van der Waals surface area contributed by atoms with E-state index in [2.05, 4.69) is 6.58 Å². The van der Waals surface area contributed by atoms with Gasteiger partial charge in [-0.3, -0.25) is 9.10 Å². The van der Waals surface area contributed by atoms with Crippen LogP contribution >= 0.6 is 0 Å². The minimum atomic E-state index is -3.60. The first kappa shape index (κ1) is 13.4. The molecule has 0 amide bonds. The molecule has 2 heterocycles. The van der Waals surface area contributed by atoms with Crippen LogP contribution < -0.4 is 0 Å². The van der Waals surface area contributed by atoms with Crippen LogP contribution in [0.4, 0.5) is 0 Å². The van der Waals surface area contributed by atoms with Gasteiger partial charge in [0.05, 0.1) is 10.8 Å². The summed E-state index contributed by atoms with van der Waals surface area (Å²) in [5.41, 5.74) is 1.44. The number of hydrogen-bond donors (Lipinski definition) is 0. The Hall–Kier alpha value is -1.62. The molecule has 1 aliphatic carbocycles. The van der Waals surface area contributed by atoms with E-state index in [4.69, 9.17) is 0 Å². The van der Waals surface area contributed by atoms with Gasteiger partial charge in [-0.1, -0.05) is 24.3 Å². The van der Waals surface area contributed by atoms with E-state index in [0.717, 1.165) is 12.0 Å². The Morgan fingerprint density at radius 1 is 1.25 bits per heavy atom. The lowest BCUT2D eigenvalue weighted by Gasteiger charge is -2.32. The molecule has 20 heavy (non-hydrogen) atoms. The highest BCUT2D eigenvalue weighted by molar-refractivity contribution is 7.89. The van der Waals surface area contributed by atoms with Crippen molar-refractivity contribution in [1.29, 1.82) is 0 Å². The molecule has 106 valence electrons. The van der Waals surface area contributed by atoms with Crippen molar-refractivity contribution < 1.29 is 13.2 Å². The maximum absolute atomic E-state index is 12.7. The van der Waals surface area contributed by atoms with Gasteiger partial charge in [0.15, 0.2) is 0 Å². The second-order valence-electron chi connectivity index (χ2n) is 5.56. The van der Waals surface area contributed by atoms with Crippen molar-refractivity contribution in [3.05, 3.63) is 42.1 Å². The number of benzene rings is 1. The van der Waals surface area contributed by atoms with Gasteiger partial charge < -0.3 is 0 Å². The lowest BCUT2D eigenvalue weighted by atomic mass is 9.72. The molecule has 1 aromatic carbocycles. The summed E-state index contributed by atoms with van der Waals surface area (Å²) < 4.78 is 26.7. The summed E-state index contributed by atoms with van der Waals surface area (Å²) in [7, 11) is -3.60. The SMILES string of the molecule is C=C1C2CC(CCN1S(=O)(=O)c1ccc(C)cc1)C2=O. The lowest BCUT2D eigenvalue weighted by molar-refractivity contribution is -0.133. The second-order valence-corrected chi connectivity index (χ2v) is 7.42. The predicted octanol–water partition coefficient (Wildman–Crippen LogP) is 2.11. The summed E-state index contributed by atoms with van der Waals surface area (Å²) in [6.45, 7) is 6.12. The van der Waals surface area contributed by atoms with Crippen LogP contribution in [-0.2, 0) is 14.8 Å². The molecule has 3 fully saturated rings. The number of hydrogen-bond acceptors (Lipinski definition) is 3. The maximum atomic E-state index is 12.7. The molecule has 4 nitrogen and oxygen atoms in total. The number of aryl methyl sites for hydroxylation is 1. The zero-order valence-corrected chi connectivity index (χ0v) is 12.2. The van der Waals surface area contributed by atoms with Gasteiger partial charge in [-0.05, 0) is 31.9 Å². The quantitative estimate of drug-likeness (QED) is 0.838. The maximum Gasteiger partial charge on any atom is 0.264 e. The number of Topliss-reactive ketones (excluding diaryl/α,β-unsaturated/α-hetero) is 1. The van der Waals surface area contributed by atoms with E-state index in [-0.39, 0.29) is 22.5 Å². The van der Waals surface area contributed by atoms with Crippen LogP contribution in [0, 0.1) is 18.8 Å². The molecule has 1 saturated carbocycles. The highest BCUT2D eigenvalue weighted by Gasteiger charge is 2.47. The molecule has 5 heteroatoms. The molecule has 2 atom stereocenters. The average molecular weight is 291 g/mol. The molecule has 0 radical (unpaired) electrons. The Morgan fingerprint density at radius 3 is 2.50 bits per heavy atom. The van der Waals surface area contributed by atoms with Crippen molar-refractivity contribution in [3.8, 4) is 0 Å². The molecule has 3 aliphatic rings. The van der Waals surface area contributed by atoms with Gasteiger partial charge in [0.2, 0.25) is 0 Å². The Labute approximate surface area is 119 Å². The molecule has 2 saturated heterocycles. The first-order valence-corrected chi connectivity index (χ1v) is 8.17. The Balaban J connectivity index is 1.97. The summed E-state index contributed by atoms with van der Waals surface area (Å²) in [5.74, 6) is -0.130. The third-order valence-corrected chi connectivity index (χ3v) is 6.14. The van der Waals surface area contributed by atoms with Crippen LogP contribution in [-0.4, -0.2) is 25.1 Å². The molecular formula is C15H17NO3S. The molecule has 4 rings (SSSR count). The summed E-state index contributed by atoms with van der Waals surface area (Å²) in [5, 5.41) is 0. The number of carbonyl (C=O) groups excluding carboxylic acids is 1. The zero-order valence-electron chi connectivity index (χ0n) is 11.4.